The first-order valence-corrected chi connectivity index (χ1v) is 5.78. The second-order valence-corrected chi connectivity index (χ2v) is 4.08. The van der Waals surface area contributed by atoms with Gasteiger partial charge in [0.2, 0.25) is 0 Å². The zero-order chi connectivity index (χ0) is 14.1. The van der Waals surface area contributed by atoms with Gasteiger partial charge in [0.25, 0.3) is 0 Å². The highest BCUT2D eigenvalue weighted by molar-refractivity contribution is 5.91. The van der Waals surface area contributed by atoms with Crippen LogP contribution >= 0.6 is 0 Å². The Bertz CT molecular complexity index is 856. The van der Waals surface area contributed by atoms with Gasteiger partial charge in [-0.1, -0.05) is 6.07 Å². The van der Waals surface area contributed by atoms with Gasteiger partial charge in [-0.25, -0.2) is 9.48 Å². The molecule has 3 aromatic rings. The standard InChI is InChI=1S/C14H8N4O2/c15-7-13-10(14(19)20)8-17-18(13)12-5-1-4-11-9(12)3-2-6-16-11/h1-6,8H,(H,19,20). The third kappa shape index (κ3) is 1.69. The predicted octanol–water partition coefficient (Wildman–Crippen LogP) is 1.99. The number of carboxylic acid groups (broad SMARTS) is 1. The second-order valence-electron chi connectivity index (χ2n) is 4.08. The summed E-state index contributed by atoms with van der Waals surface area (Å²) in [6, 6.07) is 10.9. The average molecular weight is 264 g/mol. The van der Waals surface area contributed by atoms with Gasteiger partial charge in [-0.2, -0.15) is 10.4 Å². The highest BCUT2D eigenvalue weighted by atomic mass is 16.4. The topological polar surface area (TPSA) is 91.8 Å². The molecule has 1 N–H and O–H groups in total. The Morgan fingerprint density at radius 2 is 2.15 bits per heavy atom. The fourth-order valence-electron chi connectivity index (χ4n) is 2.07. The first-order chi connectivity index (χ1) is 9.72. The van der Waals surface area contributed by atoms with E-state index >= 15 is 0 Å². The molecule has 0 aliphatic rings. The van der Waals surface area contributed by atoms with Crippen molar-refractivity contribution >= 4 is 16.9 Å². The van der Waals surface area contributed by atoms with Crippen LogP contribution in [0.1, 0.15) is 16.1 Å². The molecule has 2 heterocycles. The van der Waals surface area contributed by atoms with Crippen LogP contribution in [0.4, 0.5) is 0 Å². The molecule has 0 saturated heterocycles. The molecule has 0 atom stereocenters. The average Bonchev–Trinajstić information content (AvgIpc) is 2.90. The van der Waals surface area contributed by atoms with Crippen molar-refractivity contribution in [3.8, 4) is 11.8 Å². The van der Waals surface area contributed by atoms with Crippen LogP contribution in [-0.4, -0.2) is 25.8 Å². The predicted molar refractivity (Wildman–Crippen MR) is 70.5 cm³/mol. The maximum absolute atomic E-state index is 11.1. The number of pyridine rings is 1. The van der Waals surface area contributed by atoms with Gasteiger partial charge in [0, 0.05) is 11.6 Å². The Balaban J connectivity index is 2.32. The molecule has 0 spiro atoms. The van der Waals surface area contributed by atoms with Crippen LogP contribution in [0.15, 0.2) is 42.7 Å². The fraction of sp³-hybridized carbons (Fsp3) is 0. The van der Waals surface area contributed by atoms with E-state index in [0.717, 1.165) is 10.9 Å². The normalized spacial score (nSPS) is 10.3. The van der Waals surface area contributed by atoms with Crippen LogP contribution in [0.2, 0.25) is 0 Å². The van der Waals surface area contributed by atoms with E-state index in [1.807, 2.05) is 18.2 Å². The van der Waals surface area contributed by atoms with Crippen LogP contribution in [0, 0.1) is 11.3 Å². The molecule has 1 aromatic carbocycles. The molecule has 0 amide bonds. The molecule has 0 bridgehead atoms. The number of hydrogen-bond donors (Lipinski definition) is 1. The number of nitriles is 1. The molecule has 0 unspecified atom stereocenters. The van der Waals surface area contributed by atoms with E-state index < -0.39 is 5.97 Å². The number of carbonyl (C=O) groups is 1. The molecule has 0 fully saturated rings. The third-order valence-corrected chi connectivity index (χ3v) is 2.96. The van der Waals surface area contributed by atoms with Crippen molar-refractivity contribution in [1.29, 1.82) is 5.26 Å². The Hall–Kier alpha value is -3.20. The minimum atomic E-state index is -1.17. The van der Waals surface area contributed by atoms with Crippen molar-refractivity contribution in [2.75, 3.05) is 0 Å². The zero-order valence-electron chi connectivity index (χ0n) is 10.2. The summed E-state index contributed by atoms with van der Waals surface area (Å²) < 4.78 is 1.33. The maximum Gasteiger partial charge on any atom is 0.340 e. The molecule has 0 aliphatic carbocycles. The molecule has 6 nitrogen and oxygen atoms in total. The lowest BCUT2D eigenvalue weighted by Gasteiger charge is -2.06. The largest absolute Gasteiger partial charge is 0.478 e. The summed E-state index contributed by atoms with van der Waals surface area (Å²) in [4.78, 5) is 15.3. The summed E-state index contributed by atoms with van der Waals surface area (Å²) in [5.41, 5.74) is 1.25. The summed E-state index contributed by atoms with van der Waals surface area (Å²) in [6.07, 6.45) is 2.85. The second kappa shape index (κ2) is 4.48. The van der Waals surface area contributed by atoms with Crippen LogP contribution in [-0.2, 0) is 0 Å². The van der Waals surface area contributed by atoms with Gasteiger partial charge < -0.3 is 5.11 Å². The van der Waals surface area contributed by atoms with E-state index in [9.17, 15) is 10.1 Å². The molecule has 0 radical (unpaired) electrons. The Morgan fingerprint density at radius 1 is 1.30 bits per heavy atom. The lowest BCUT2D eigenvalue weighted by Crippen LogP contribution is -2.04. The number of aromatic carboxylic acids is 1. The Morgan fingerprint density at radius 3 is 2.90 bits per heavy atom. The Labute approximate surface area is 113 Å². The van der Waals surface area contributed by atoms with Crippen LogP contribution in [0.5, 0.6) is 0 Å². The molecule has 20 heavy (non-hydrogen) atoms. The van der Waals surface area contributed by atoms with Gasteiger partial charge in [-0.3, -0.25) is 4.98 Å². The van der Waals surface area contributed by atoms with Crippen LogP contribution < -0.4 is 0 Å². The van der Waals surface area contributed by atoms with E-state index in [0.29, 0.717) is 5.69 Å². The molecule has 6 heteroatoms. The van der Waals surface area contributed by atoms with Crippen molar-refractivity contribution in [2.45, 2.75) is 0 Å². The molecular formula is C14H8N4O2. The van der Waals surface area contributed by atoms with Gasteiger partial charge in [0.05, 0.1) is 17.4 Å². The molecule has 0 aliphatic heterocycles. The molecule has 96 valence electrons. The fourth-order valence-corrected chi connectivity index (χ4v) is 2.07. The first-order valence-electron chi connectivity index (χ1n) is 5.78. The van der Waals surface area contributed by atoms with E-state index in [2.05, 4.69) is 10.1 Å². The van der Waals surface area contributed by atoms with Crippen molar-refractivity contribution < 1.29 is 9.90 Å². The molecule has 2 aromatic heterocycles. The number of hydrogen-bond acceptors (Lipinski definition) is 4. The molecular weight excluding hydrogens is 256 g/mol. The van der Waals surface area contributed by atoms with E-state index in [-0.39, 0.29) is 11.3 Å². The number of rotatable bonds is 2. The van der Waals surface area contributed by atoms with Crippen LogP contribution in [0.3, 0.4) is 0 Å². The summed E-state index contributed by atoms with van der Waals surface area (Å²) in [5, 5.41) is 23.0. The van der Waals surface area contributed by atoms with Crippen molar-refractivity contribution in [1.82, 2.24) is 14.8 Å². The smallest absolute Gasteiger partial charge is 0.340 e. The minimum absolute atomic E-state index is 0.00569. The first kappa shape index (κ1) is 11.9. The highest BCUT2D eigenvalue weighted by Gasteiger charge is 2.18. The van der Waals surface area contributed by atoms with Gasteiger partial charge in [-0.05, 0) is 24.3 Å². The van der Waals surface area contributed by atoms with Gasteiger partial charge in [0.1, 0.15) is 11.6 Å². The lowest BCUT2D eigenvalue weighted by atomic mass is 10.1. The molecule has 0 saturated carbocycles. The lowest BCUT2D eigenvalue weighted by molar-refractivity contribution is 0.0696. The van der Waals surface area contributed by atoms with Crippen molar-refractivity contribution in [2.24, 2.45) is 0 Å². The summed E-state index contributed by atoms with van der Waals surface area (Å²) in [5.74, 6) is -1.17. The van der Waals surface area contributed by atoms with Gasteiger partial charge >= 0.3 is 5.97 Å². The van der Waals surface area contributed by atoms with E-state index in [1.54, 1.807) is 24.4 Å². The van der Waals surface area contributed by atoms with Gasteiger partial charge in [0.15, 0.2) is 5.69 Å². The highest BCUT2D eigenvalue weighted by Crippen LogP contribution is 2.22. The summed E-state index contributed by atoms with van der Waals surface area (Å²) in [6.45, 7) is 0. The summed E-state index contributed by atoms with van der Waals surface area (Å²) in [7, 11) is 0. The quantitative estimate of drug-likeness (QED) is 0.764. The van der Waals surface area contributed by atoms with E-state index in [4.69, 9.17) is 5.11 Å². The van der Waals surface area contributed by atoms with Crippen molar-refractivity contribution in [3.63, 3.8) is 0 Å². The number of aromatic nitrogens is 3. The van der Waals surface area contributed by atoms with E-state index in [1.165, 1.54) is 10.9 Å². The zero-order valence-corrected chi connectivity index (χ0v) is 10.2. The number of benzene rings is 1. The third-order valence-electron chi connectivity index (χ3n) is 2.96. The van der Waals surface area contributed by atoms with Crippen molar-refractivity contribution in [3.05, 3.63) is 54.0 Å². The number of nitrogens with zero attached hydrogens (tertiary/aromatic N) is 4. The monoisotopic (exact) mass is 264 g/mol. The maximum atomic E-state index is 11.1. The summed E-state index contributed by atoms with van der Waals surface area (Å²) >= 11 is 0. The Kier molecular flexibility index (Phi) is 2.66. The van der Waals surface area contributed by atoms with Gasteiger partial charge in [-0.15, -0.1) is 0 Å². The van der Waals surface area contributed by atoms with Crippen LogP contribution in [0.25, 0.3) is 16.6 Å². The number of carboxylic acids is 1. The molecule has 3 rings (SSSR count). The SMILES string of the molecule is N#Cc1c(C(=O)O)cnn1-c1cccc2ncccc12. The number of fused-ring (bicyclic) bond motifs is 1. The minimum Gasteiger partial charge on any atom is -0.478 e.